The van der Waals surface area contributed by atoms with Crippen molar-refractivity contribution < 1.29 is 9.59 Å². The number of fused-ring (bicyclic) bond motifs is 2. The normalized spacial score (nSPS) is 11.8. The minimum Gasteiger partial charge on any atom is -0.350 e. The number of carbonyl (C=O) groups excluding carboxylic acids is 2. The fourth-order valence-corrected chi connectivity index (χ4v) is 5.52. The van der Waals surface area contributed by atoms with Gasteiger partial charge < -0.3 is 10.6 Å². The van der Waals surface area contributed by atoms with E-state index in [1.807, 2.05) is 79.7 Å². The second kappa shape index (κ2) is 12.3. The zero-order valence-corrected chi connectivity index (χ0v) is 26.2. The maximum absolute atomic E-state index is 13.7. The standard InChI is InChI=1S/C39H36N4O2/c1-23-14-16-28(18-25(23)3)36-20-32(30-10-6-8-12-34(30)42-36)38(44)40-22-27(5)41-39(45)33-21-37(29-17-15-24(2)26(4)19-29)43-35-13-9-7-11-31(33)35/h6-21,27H,22H2,1-5H3,(H,40,44)(H,41,45)/t27-/m1/s1. The smallest absolute Gasteiger partial charge is 0.252 e. The molecule has 4 aromatic carbocycles. The summed E-state index contributed by atoms with van der Waals surface area (Å²) in [5.41, 5.74) is 10.8. The van der Waals surface area contributed by atoms with Gasteiger partial charge in [0, 0.05) is 34.5 Å². The number of aromatic nitrogens is 2. The van der Waals surface area contributed by atoms with Gasteiger partial charge in [-0.2, -0.15) is 0 Å². The van der Waals surface area contributed by atoms with Gasteiger partial charge in [0.15, 0.2) is 0 Å². The average molecular weight is 593 g/mol. The lowest BCUT2D eigenvalue weighted by atomic mass is 10.0. The van der Waals surface area contributed by atoms with E-state index in [0.717, 1.165) is 44.3 Å². The van der Waals surface area contributed by atoms with Crippen LogP contribution in [-0.2, 0) is 0 Å². The number of benzene rings is 4. The Labute approximate surface area is 263 Å². The van der Waals surface area contributed by atoms with Gasteiger partial charge in [-0.05, 0) is 93.3 Å². The van der Waals surface area contributed by atoms with Gasteiger partial charge in [-0.25, -0.2) is 9.97 Å². The topological polar surface area (TPSA) is 84.0 Å². The van der Waals surface area contributed by atoms with E-state index in [4.69, 9.17) is 9.97 Å². The van der Waals surface area contributed by atoms with Crippen molar-refractivity contribution >= 4 is 33.6 Å². The molecule has 45 heavy (non-hydrogen) atoms. The molecule has 224 valence electrons. The summed E-state index contributed by atoms with van der Waals surface area (Å²) in [6.45, 7) is 10.4. The quantitative estimate of drug-likeness (QED) is 0.197. The predicted octanol–water partition coefficient (Wildman–Crippen LogP) is 7.90. The van der Waals surface area contributed by atoms with Crippen LogP contribution in [0, 0.1) is 27.7 Å². The molecule has 0 aliphatic carbocycles. The van der Waals surface area contributed by atoms with Gasteiger partial charge in [-0.15, -0.1) is 0 Å². The number of aryl methyl sites for hydroxylation is 4. The summed E-state index contributed by atoms with van der Waals surface area (Å²) in [5, 5.41) is 7.68. The van der Waals surface area contributed by atoms with Crippen molar-refractivity contribution in [2.45, 2.75) is 40.7 Å². The van der Waals surface area contributed by atoms with Crippen LogP contribution in [0.25, 0.3) is 44.3 Å². The van der Waals surface area contributed by atoms with Crippen LogP contribution in [0.1, 0.15) is 49.9 Å². The molecule has 0 unspecified atom stereocenters. The first kappa shape index (κ1) is 29.7. The lowest BCUT2D eigenvalue weighted by Gasteiger charge is -2.17. The van der Waals surface area contributed by atoms with E-state index >= 15 is 0 Å². The van der Waals surface area contributed by atoms with Crippen molar-refractivity contribution in [2.24, 2.45) is 0 Å². The molecule has 0 saturated heterocycles. The number of amides is 2. The molecule has 6 heteroatoms. The Bertz CT molecular complexity index is 2100. The number of carbonyl (C=O) groups is 2. The fraction of sp³-hybridized carbons (Fsp3) is 0.179. The largest absolute Gasteiger partial charge is 0.350 e. The first-order valence-corrected chi connectivity index (χ1v) is 15.2. The maximum atomic E-state index is 13.7. The van der Waals surface area contributed by atoms with Gasteiger partial charge >= 0.3 is 0 Å². The molecule has 2 heterocycles. The number of nitrogens with zero attached hydrogens (tertiary/aromatic N) is 2. The number of pyridine rings is 2. The molecule has 6 nitrogen and oxygen atoms in total. The summed E-state index contributed by atoms with van der Waals surface area (Å²) in [7, 11) is 0. The Morgan fingerprint density at radius 3 is 1.56 bits per heavy atom. The lowest BCUT2D eigenvalue weighted by Crippen LogP contribution is -2.42. The second-order valence-electron chi connectivity index (χ2n) is 11.8. The number of para-hydroxylation sites is 2. The third kappa shape index (κ3) is 6.18. The molecule has 6 rings (SSSR count). The van der Waals surface area contributed by atoms with Gasteiger partial charge in [-0.3, -0.25) is 9.59 Å². The van der Waals surface area contributed by atoms with Crippen molar-refractivity contribution in [3.05, 3.63) is 130 Å². The highest BCUT2D eigenvalue weighted by Gasteiger charge is 2.19. The maximum Gasteiger partial charge on any atom is 0.252 e. The highest BCUT2D eigenvalue weighted by molar-refractivity contribution is 6.08. The molecule has 2 aromatic heterocycles. The zero-order valence-electron chi connectivity index (χ0n) is 26.2. The first-order chi connectivity index (χ1) is 21.7. The Kier molecular flexibility index (Phi) is 8.14. The Balaban J connectivity index is 1.23. The predicted molar refractivity (Wildman–Crippen MR) is 183 cm³/mol. The molecule has 1 atom stereocenters. The van der Waals surface area contributed by atoms with E-state index < -0.39 is 0 Å². The summed E-state index contributed by atoms with van der Waals surface area (Å²) in [5.74, 6) is -0.432. The van der Waals surface area contributed by atoms with Crippen LogP contribution in [0.15, 0.2) is 97.1 Å². The van der Waals surface area contributed by atoms with Crippen LogP contribution in [-0.4, -0.2) is 34.4 Å². The Morgan fingerprint density at radius 2 is 1.07 bits per heavy atom. The SMILES string of the molecule is Cc1ccc(-c2cc(C(=O)NC[C@@H](C)NC(=O)c3cc(-c4ccc(C)c(C)c4)nc4ccccc34)c3ccccc3n2)cc1C. The summed E-state index contributed by atoms with van der Waals surface area (Å²) in [6.07, 6.45) is 0. The van der Waals surface area contributed by atoms with Crippen molar-refractivity contribution in [3.8, 4) is 22.5 Å². The molecule has 0 saturated carbocycles. The van der Waals surface area contributed by atoms with E-state index in [-0.39, 0.29) is 24.4 Å². The van der Waals surface area contributed by atoms with Crippen LogP contribution in [0.4, 0.5) is 0 Å². The molecule has 0 aliphatic rings. The molecule has 2 amide bonds. The molecule has 2 N–H and O–H groups in total. The van der Waals surface area contributed by atoms with Gasteiger partial charge in [0.25, 0.3) is 11.8 Å². The number of nitrogens with one attached hydrogen (secondary N) is 2. The van der Waals surface area contributed by atoms with Gasteiger partial charge in [0.05, 0.1) is 33.5 Å². The van der Waals surface area contributed by atoms with Crippen molar-refractivity contribution in [3.63, 3.8) is 0 Å². The van der Waals surface area contributed by atoms with Crippen LogP contribution in [0.5, 0.6) is 0 Å². The minimum absolute atomic E-state index is 0.216. The first-order valence-electron chi connectivity index (χ1n) is 15.2. The third-order valence-corrected chi connectivity index (χ3v) is 8.47. The van der Waals surface area contributed by atoms with Crippen LogP contribution >= 0.6 is 0 Å². The monoisotopic (exact) mass is 592 g/mol. The number of hydrogen-bond acceptors (Lipinski definition) is 4. The third-order valence-electron chi connectivity index (χ3n) is 8.47. The molecule has 0 aliphatic heterocycles. The highest BCUT2D eigenvalue weighted by atomic mass is 16.2. The van der Waals surface area contributed by atoms with Crippen LogP contribution in [0.3, 0.4) is 0 Å². The van der Waals surface area contributed by atoms with Crippen LogP contribution in [0.2, 0.25) is 0 Å². The van der Waals surface area contributed by atoms with Crippen LogP contribution < -0.4 is 10.6 Å². The number of rotatable bonds is 7. The fourth-order valence-electron chi connectivity index (χ4n) is 5.52. The van der Waals surface area contributed by atoms with Gasteiger partial charge in [0.2, 0.25) is 0 Å². The van der Waals surface area contributed by atoms with Crippen molar-refractivity contribution in [1.82, 2.24) is 20.6 Å². The van der Waals surface area contributed by atoms with E-state index in [9.17, 15) is 9.59 Å². The summed E-state index contributed by atoms with van der Waals surface area (Å²) in [4.78, 5) is 36.9. The van der Waals surface area contributed by atoms with Gasteiger partial charge in [-0.1, -0.05) is 60.7 Å². The highest BCUT2D eigenvalue weighted by Crippen LogP contribution is 2.28. The molecule has 0 bridgehead atoms. The van der Waals surface area contributed by atoms with E-state index in [1.165, 1.54) is 22.3 Å². The van der Waals surface area contributed by atoms with Gasteiger partial charge in [0.1, 0.15) is 0 Å². The van der Waals surface area contributed by atoms with Crippen molar-refractivity contribution in [2.75, 3.05) is 6.54 Å². The molecule has 6 aromatic rings. The number of hydrogen-bond donors (Lipinski definition) is 2. The summed E-state index contributed by atoms with van der Waals surface area (Å²) >= 11 is 0. The second-order valence-corrected chi connectivity index (χ2v) is 11.8. The minimum atomic E-state index is -0.328. The molecular weight excluding hydrogens is 556 g/mol. The average Bonchev–Trinajstić information content (AvgIpc) is 3.05. The van der Waals surface area contributed by atoms with E-state index in [1.54, 1.807) is 0 Å². The molecule has 0 fully saturated rings. The Hall–Kier alpha value is -5.36. The zero-order chi connectivity index (χ0) is 31.7. The summed E-state index contributed by atoms with van der Waals surface area (Å²) in [6, 6.07) is 31.1. The molecular formula is C39H36N4O2. The summed E-state index contributed by atoms with van der Waals surface area (Å²) < 4.78 is 0. The molecule has 0 radical (unpaired) electrons. The van der Waals surface area contributed by atoms with E-state index in [2.05, 4.69) is 62.6 Å². The lowest BCUT2D eigenvalue weighted by molar-refractivity contribution is 0.0914. The van der Waals surface area contributed by atoms with Crippen molar-refractivity contribution in [1.29, 1.82) is 0 Å². The molecule has 0 spiro atoms. The van der Waals surface area contributed by atoms with E-state index in [0.29, 0.717) is 11.1 Å². The Morgan fingerprint density at radius 1 is 0.600 bits per heavy atom.